The lowest BCUT2D eigenvalue weighted by molar-refractivity contribution is 0.0697. The van der Waals surface area contributed by atoms with Crippen molar-refractivity contribution in [1.82, 2.24) is 0 Å². The summed E-state index contributed by atoms with van der Waals surface area (Å²) in [6.07, 6.45) is 0. The molecule has 0 radical (unpaired) electrons. The number of carboxylic acid groups (broad SMARTS) is 1. The molecule has 0 aliphatic carbocycles. The second kappa shape index (κ2) is 6.49. The maximum absolute atomic E-state index is 11.3. The summed E-state index contributed by atoms with van der Waals surface area (Å²) in [7, 11) is 0. The van der Waals surface area contributed by atoms with E-state index in [0.717, 1.165) is 15.9 Å². The van der Waals surface area contributed by atoms with E-state index in [-0.39, 0.29) is 5.56 Å². The largest absolute Gasteiger partial charge is 0.478 e. The Morgan fingerprint density at radius 3 is 1.70 bits per heavy atom. The summed E-state index contributed by atoms with van der Waals surface area (Å²) in [6.45, 7) is 0. The number of carboxylic acids is 1. The lowest BCUT2D eigenvalue weighted by Gasteiger charge is -2.24. The Balaban J connectivity index is 2.28. The van der Waals surface area contributed by atoms with Crippen molar-refractivity contribution in [2.75, 3.05) is 0 Å². The maximum Gasteiger partial charge on any atom is 0.335 e. The van der Waals surface area contributed by atoms with Gasteiger partial charge in [0.2, 0.25) is 0 Å². The monoisotopic (exact) mass is 338 g/mol. The SMILES string of the molecule is O=C(O)c1cccc(P(=S)(c2ccccc2)c2ccccc2)c1. The van der Waals surface area contributed by atoms with E-state index in [1.807, 2.05) is 66.7 Å². The van der Waals surface area contributed by atoms with E-state index in [1.54, 1.807) is 18.2 Å². The molecule has 3 aromatic carbocycles. The van der Waals surface area contributed by atoms with Crippen LogP contribution in [0.2, 0.25) is 0 Å². The number of hydrogen-bond donors (Lipinski definition) is 1. The summed E-state index contributed by atoms with van der Waals surface area (Å²) in [5.74, 6) is -0.936. The van der Waals surface area contributed by atoms with Crippen LogP contribution in [0.5, 0.6) is 0 Å². The lowest BCUT2D eigenvalue weighted by Crippen LogP contribution is -2.25. The van der Waals surface area contributed by atoms with Crippen molar-refractivity contribution >= 4 is 39.7 Å². The van der Waals surface area contributed by atoms with Crippen LogP contribution in [0.25, 0.3) is 0 Å². The number of hydrogen-bond acceptors (Lipinski definition) is 2. The van der Waals surface area contributed by atoms with Crippen LogP contribution in [0, 0.1) is 0 Å². The van der Waals surface area contributed by atoms with Crippen LogP contribution >= 0.6 is 6.04 Å². The lowest BCUT2D eigenvalue weighted by atomic mass is 10.2. The minimum absolute atomic E-state index is 0.267. The molecular weight excluding hydrogens is 323 g/mol. The van der Waals surface area contributed by atoms with Gasteiger partial charge >= 0.3 is 5.97 Å². The molecule has 0 saturated carbocycles. The minimum Gasteiger partial charge on any atom is -0.478 e. The normalized spacial score (nSPS) is 11.1. The van der Waals surface area contributed by atoms with Crippen LogP contribution in [-0.4, -0.2) is 11.1 Å². The van der Waals surface area contributed by atoms with Crippen LogP contribution in [0.3, 0.4) is 0 Å². The first-order valence-corrected chi connectivity index (χ1v) is 9.98. The molecule has 0 saturated heterocycles. The third-order valence-electron chi connectivity index (χ3n) is 3.70. The van der Waals surface area contributed by atoms with Crippen LogP contribution in [-0.2, 0) is 11.8 Å². The van der Waals surface area contributed by atoms with Crippen LogP contribution in [0.4, 0.5) is 0 Å². The molecule has 3 rings (SSSR count). The fourth-order valence-electron chi connectivity index (χ4n) is 2.56. The zero-order valence-electron chi connectivity index (χ0n) is 12.3. The summed E-state index contributed by atoms with van der Waals surface area (Å²) in [6, 6.07) is 24.7. The Labute approximate surface area is 140 Å². The molecule has 0 unspecified atom stereocenters. The molecular formula is C19H15O2PS. The van der Waals surface area contributed by atoms with Gasteiger partial charge in [0, 0.05) is 6.04 Å². The van der Waals surface area contributed by atoms with E-state index in [1.165, 1.54) is 0 Å². The first kappa shape index (κ1) is 15.7. The van der Waals surface area contributed by atoms with Crippen molar-refractivity contribution in [3.05, 3.63) is 90.5 Å². The predicted octanol–water partition coefficient (Wildman–Crippen LogP) is 3.14. The van der Waals surface area contributed by atoms with Gasteiger partial charge in [-0.05, 0) is 28.0 Å². The van der Waals surface area contributed by atoms with Gasteiger partial charge < -0.3 is 5.11 Å². The smallest absolute Gasteiger partial charge is 0.335 e. The first-order valence-electron chi connectivity index (χ1n) is 7.17. The Bertz CT molecular complexity index is 833. The summed E-state index contributed by atoms with van der Waals surface area (Å²) in [5, 5.41) is 12.3. The van der Waals surface area contributed by atoms with Gasteiger partial charge in [-0.3, -0.25) is 0 Å². The Kier molecular flexibility index (Phi) is 4.42. The van der Waals surface area contributed by atoms with Crippen molar-refractivity contribution in [2.45, 2.75) is 0 Å². The topological polar surface area (TPSA) is 37.3 Å². The Hall–Kier alpha value is -2.22. The van der Waals surface area contributed by atoms with Gasteiger partial charge in [-0.25, -0.2) is 4.79 Å². The van der Waals surface area contributed by atoms with Crippen molar-refractivity contribution in [3.63, 3.8) is 0 Å². The average Bonchev–Trinajstić information content (AvgIpc) is 2.62. The molecule has 0 bridgehead atoms. The molecule has 114 valence electrons. The van der Waals surface area contributed by atoms with Crippen molar-refractivity contribution < 1.29 is 9.90 Å². The van der Waals surface area contributed by atoms with Crippen LogP contribution in [0.15, 0.2) is 84.9 Å². The highest BCUT2D eigenvalue weighted by molar-refractivity contribution is 8.25. The van der Waals surface area contributed by atoms with E-state index >= 15 is 0 Å². The van der Waals surface area contributed by atoms with E-state index in [2.05, 4.69) is 0 Å². The standard InChI is InChI=1S/C19H15O2PS/c20-19(21)15-8-7-13-18(14-15)22(23,16-9-3-1-4-10-16)17-11-5-2-6-12-17/h1-14H,(H,20,21). The zero-order chi connectivity index (χ0) is 16.3. The maximum atomic E-state index is 11.3. The number of carbonyl (C=O) groups is 1. The molecule has 0 atom stereocenters. The highest BCUT2D eigenvalue weighted by Gasteiger charge is 2.25. The highest BCUT2D eigenvalue weighted by atomic mass is 32.4. The molecule has 0 fully saturated rings. The molecule has 0 aromatic heterocycles. The van der Waals surface area contributed by atoms with Gasteiger partial charge in [-0.1, -0.05) is 84.6 Å². The van der Waals surface area contributed by atoms with E-state index < -0.39 is 12.0 Å². The van der Waals surface area contributed by atoms with Crippen LogP contribution < -0.4 is 15.9 Å². The van der Waals surface area contributed by atoms with Gasteiger partial charge in [0.1, 0.15) is 0 Å². The third kappa shape index (κ3) is 2.98. The molecule has 2 nitrogen and oxygen atoms in total. The summed E-state index contributed by atoms with van der Waals surface area (Å²) in [5.41, 5.74) is 0.267. The second-order valence-corrected chi connectivity index (χ2v) is 9.55. The summed E-state index contributed by atoms with van der Waals surface area (Å²) >= 11 is 6.17. The molecule has 0 aliphatic rings. The summed E-state index contributed by atoms with van der Waals surface area (Å²) in [4.78, 5) is 11.3. The van der Waals surface area contributed by atoms with Gasteiger partial charge in [-0.2, -0.15) is 0 Å². The van der Waals surface area contributed by atoms with Gasteiger partial charge in [0.05, 0.1) is 5.56 Å². The molecule has 23 heavy (non-hydrogen) atoms. The number of benzene rings is 3. The van der Waals surface area contributed by atoms with Crippen molar-refractivity contribution in [1.29, 1.82) is 0 Å². The van der Waals surface area contributed by atoms with Gasteiger partial charge in [0.25, 0.3) is 0 Å². The van der Waals surface area contributed by atoms with Crippen LogP contribution in [0.1, 0.15) is 10.4 Å². The minimum atomic E-state index is -2.27. The highest BCUT2D eigenvalue weighted by Crippen LogP contribution is 2.42. The molecule has 0 aliphatic heterocycles. The fourth-order valence-corrected chi connectivity index (χ4v) is 6.32. The molecule has 0 amide bonds. The van der Waals surface area contributed by atoms with E-state index in [9.17, 15) is 9.90 Å². The van der Waals surface area contributed by atoms with Gasteiger partial charge in [0.15, 0.2) is 0 Å². The first-order chi connectivity index (χ1) is 11.1. The zero-order valence-corrected chi connectivity index (χ0v) is 14.0. The van der Waals surface area contributed by atoms with Crippen molar-refractivity contribution in [2.24, 2.45) is 0 Å². The molecule has 1 N–H and O–H groups in total. The molecule has 4 heteroatoms. The van der Waals surface area contributed by atoms with E-state index in [0.29, 0.717) is 0 Å². The quantitative estimate of drug-likeness (QED) is 0.743. The second-order valence-electron chi connectivity index (χ2n) is 5.14. The summed E-state index contributed by atoms with van der Waals surface area (Å²) < 4.78 is 0. The van der Waals surface area contributed by atoms with E-state index in [4.69, 9.17) is 11.8 Å². The third-order valence-corrected chi connectivity index (χ3v) is 8.65. The predicted molar refractivity (Wildman–Crippen MR) is 99.5 cm³/mol. The van der Waals surface area contributed by atoms with Gasteiger partial charge in [-0.15, -0.1) is 0 Å². The fraction of sp³-hybridized carbons (Fsp3) is 0. The number of rotatable bonds is 4. The molecule has 3 aromatic rings. The number of aromatic carboxylic acids is 1. The Morgan fingerprint density at radius 1 is 0.739 bits per heavy atom. The Morgan fingerprint density at radius 2 is 1.22 bits per heavy atom. The molecule has 0 spiro atoms. The molecule has 0 heterocycles. The van der Waals surface area contributed by atoms with Crippen molar-refractivity contribution in [3.8, 4) is 0 Å². The average molecular weight is 338 g/mol.